The van der Waals surface area contributed by atoms with Crippen LogP contribution in [-0.2, 0) is 0 Å². The number of rotatable bonds is 8. The van der Waals surface area contributed by atoms with Crippen molar-refractivity contribution in [2.45, 2.75) is 37.2 Å². The topological polar surface area (TPSA) is 110 Å². The number of fused-ring (bicyclic) bond motifs is 1. The molecule has 1 aromatic carbocycles. The fraction of sp³-hybridized carbons (Fsp3) is 0.269. The summed E-state index contributed by atoms with van der Waals surface area (Å²) in [5.41, 5.74) is 5.20. The molecule has 8 nitrogen and oxygen atoms in total. The molecule has 0 aliphatic rings. The van der Waals surface area contributed by atoms with Gasteiger partial charge in [-0.05, 0) is 49.9 Å². The van der Waals surface area contributed by atoms with Crippen molar-refractivity contribution < 1.29 is 4.79 Å². The molecule has 0 bridgehead atoms. The zero-order valence-corrected chi connectivity index (χ0v) is 22.1. The Kier molecular flexibility index (Phi) is 7.86. The lowest BCUT2D eigenvalue weighted by atomic mass is 9.93. The fourth-order valence-electron chi connectivity index (χ4n) is 3.94. The van der Waals surface area contributed by atoms with Crippen LogP contribution >= 0.6 is 22.6 Å². The number of nitrogens with two attached hydrogens (primary N) is 1. The maximum atomic E-state index is 12.7. The van der Waals surface area contributed by atoms with Gasteiger partial charge in [-0.3, -0.25) is 19.8 Å². The van der Waals surface area contributed by atoms with Gasteiger partial charge in [0.15, 0.2) is 0 Å². The van der Waals surface area contributed by atoms with Gasteiger partial charge in [0, 0.05) is 41.6 Å². The third-order valence-electron chi connectivity index (χ3n) is 5.86. The van der Waals surface area contributed by atoms with Crippen molar-refractivity contribution in [2.75, 3.05) is 11.6 Å². The first kappa shape index (κ1) is 24.9. The molecule has 0 aliphatic carbocycles. The number of amides is 1. The summed E-state index contributed by atoms with van der Waals surface area (Å²) in [6, 6.07) is 13.6. The molecular formula is C26H28IN7O. The van der Waals surface area contributed by atoms with Crippen LogP contribution in [0.15, 0.2) is 61.2 Å². The van der Waals surface area contributed by atoms with Gasteiger partial charge in [0.25, 0.3) is 5.91 Å². The number of halogens is 1. The predicted molar refractivity (Wildman–Crippen MR) is 147 cm³/mol. The summed E-state index contributed by atoms with van der Waals surface area (Å²) >= 11 is 2.18. The lowest BCUT2D eigenvalue weighted by Gasteiger charge is -2.21. The van der Waals surface area contributed by atoms with Gasteiger partial charge in [0.1, 0.15) is 12.1 Å². The van der Waals surface area contributed by atoms with E-state index in [0.717, 1.165) is 39.8 Å². The van der Waals surface area contributed by atoms with E-state index < -0.39 is 0 Å². The number of hydrogen-bond donors (Lipinski definition) is 2. The monoisotopic (exact) mass is 581 g/mol. The van der Waals surface area contributed by atoms with Crippen molar-refractivity contribution in [2.24, 2.45) is 5.84 Å². The number of para-hydroxylation sites is 1. The van der Waals surface area contributed by atoms with E-state index in [2.05, 4.69) is 60.8 Å². The first-order valence-electron chi connectivity index (χ1n) is 11.4. The Morgan fingerprint density at radius 1 is 1.11 bits per heavy atom. The number of hydrogen-bond acceptors (Lipinski definition) is 7. The largest absolute Gasteiger partial charge is 0.341 e. The van der Waals surface area contributed by atoms with Gasteiger partial charge in [0.05, 0.1) is 20.8 Å². The lowest BCUT2D eigenvalue weighted by molar-refractivity contribution is 0.0955. The molecule has 180 valence electrons. The molecule has 35 heavy (non-hydrogen) atoms. The van der Waals surface area contributed by atoms with Crippen molar-refractivity contribution in [3.63, 3.8) is 0 Å². The third-order valence-corrected chi connectivity index (χ3v) is 6.18. The highest BCUT2D eigenvalue weighted by Gasteiger charge is 2.17. The van der Waals surface area contributed by atoms with Gasteiger partial charge in [0.2, 0.25) is 0 Å². The van der Waals surface area contributed by atoms with Crippen LogP contribution in [0.4, 0.5) is 5.82 Å². The number of aromatic nitrogens is 4. The molecule has 0 saturated carbocycles. The van der Waals surface area contributed by atoms with Crippen molar-refractivity contribution in [1.29, 1.82) is 0 Å². The number of hydrazine groups is 1. The molecule has 0 aliphatic heterocycles. The zero-order valence-electron chi connectivity index (χ0n) is 19.9. The van der Waals surface area contributed by atoms with Gasteiger partial charge in [-0.2, -0.15) is 0 Å². The normalized spacial score (nSPS) is 12.8. The Labute approximate surface area is 218 Å². The summed E-state index contributed by atoms with van der Waals surface area (Å²) in [6.45, 7) is 6.62. The van der Waals surface area contributed by atoms with Gasteiger partial charge in [-0.25, -0.2) is 15.8 Å². The summed E-state index contributed by atoms with van der Waals surface area (Å²) < 4.78 is 0.0329. The molecule has 3 N–H and O–H groups in total. The summed E-state index contributed by atoms with van der Waals surface area (Å²) in [6.07, 6.45) is 5.80. The van der Waals surface area contributed by atoms with E-state index in [1.165, 1.54) is 6.33 Å². The quantitative estimate of drug-likeness (QED) is 0.101. The van der Waals surface area contributed by atoms with Crippen LogP contribution in [0.25, 0.3) is 22.2 Å². The van der Waals surface area contributed by atoms with E-state index in [1.807, 2.05) is 44.2 Å². The summed E-state index contributed by atoms with van der Waals surface area (Å²) in [7, 11) is 0. The highest BCUT2D eigenvalue weighted by atomic mass is 127. The van der Waals surface area contributed by atoms with Crippen LogP contribution in [0.1, 0.15) is 47.8 Å². The molecule has 4 rings (SSSR count). The van der Waals surface area contributed by atoms with Crippen LogP contribution < -0.4 is 16.2 Å². The molecule has 4 aromatic rings. The van der Waals surface area contributed by atoms with E-state index in [0.29, 0.717) is 17.9 Å². The molecule has 0 saturated heterocycles. The number of benzene rings is 1. The number of pyridine rings is 2. The molecule has 0 spiro atoms. The van der Waals surface area contributed by atoms with Crippen molar-refractivity contribution in [3.05, 3.63) is 78.0 Å². The van der Waals surface area contributed by atoms with E-state index in [9.17, 15) is 4.79 Å². The second-order valence-electron chi connectivity index (χ2n) is 8.52. The molecule has 3 heterocycles. The molecule has 3 aromatic heterocycles. The number of nitrogens with zero attached hydrogens (tertiary/aromatic N) is 5. The molecule has 0 fully saturated rings. The van der Waals surface area contributed by atoms with E-state index in [1.54, 1.807) is 23.5 Å². The average molecular weight is 581 g/mol. The fourth-order valence-corrected chi connectivity index (χ4v) is 4.22. The summed E-state index contributed by atoms with van der Waals surface area (Å²) in [5.74, 6) is 7.09. The predicted octanol–water partition coefficient (Wildman–Crippen LogP) is 4.78. The van der Waals surface area contributed by atoms with Crippen molar-refractivity contribution >= 4 is 45.2 Å². The van der Waals surface area contributed by atoms with E-state index in [4.69, 9.17) is 5.84 Å². The molecule has 0 radical (unpaired) electrons. The minimum absolute atomic E-state index is 0.0329. The smallest absolute Gasteiger partial charge is 0.252 e. The highest BCUT2D eigenvalue weighted by Crippen LogP contribution is 2.29. The zero-order chi connectivity index (χ0) is 24.9. The van der Waals surface area contributed by atoms with Crippen LogP contribution in [0, 0.1) is 6.92 Å². The average Bonchev–Trinajstić information content (AvgIpc) is 2.86. The second kappa shape index (κ2) is 11.0. The molecular weight excluding hydrogens is 553 g/mol. The number of carbonyl (C=O) groups excluding carboxylic acids is 1. The Bertz CT molecular complexity index is 1330. The standard InChI is InChI=1S/C26H28IN7O/c1-16(20-5-4-6-21-22(9-11-29-25(20)21)26(35)33-18(3)27)10-12-34(28)24-13-23(31-15-32-24)19-8-7-17(2)30-14-19/h4-9,11,13-16,18H,10,12,28H2,1-3H3,(H,33,35). The van der Waals surface area contributed by atoms with Crippen LogP contribution in [0.3, 0.4) is 0 Å². The molecule has 2 atom stereocenters. The Morgan fingerprint density at radius 2 is 1.94 bits per heavy atom. The number of alkyl halides is 1. The summed E-state index contributed by atoms with van der Waals surface area (Å²) in [4.78, 5) is 30.3. The number of nitrogens with one attached hydrogen (secondary N) is 1. The Hall–Kier alpha value is -3.18. The van der Waals surface area contributed by atoms with Crippen molar-refractivity contribution in [3.8, 4) is 11.3 Å². The molecule has 1 amide bonds. The van der Waals surface area contributed by atoms with Gasteiger partial charge in [-0.15, -0.1) is 0 Å². The van der Waals surface area contributed by atoms with Gasteiger partial charge >= 0.3 is 0 Å². The van der Waals surface area contributed by atoms with E-state index in [-0.39, 0.29) is 15.9 Å². The SMILES string of the molecule is Cc1ccc(-c2cc(N(N)CCC(C)c3cccc4c(C(=O)NC(C)I)ccnc34)ncn2)cn1. The maximum absolute atomic E-state index is 12.7. The Morgan fingerprint density at radius 3 is 2.69 bits per heavy atom. The first-order chi connectivity index (χ1) is 16.8. The van der Waals surface area contributed by atoms with E-state index >= 15 is 0 Å². The maximum Gasteiger partial charge on any atom is 0.252 e. The van der Waals surface area contributed by atoms with Crippen LogP contribution in [0.5, 0.6) is 0 Å². The first-order valence-corrected chi connectivity index (χ1v) is 12.7. The third kappa shape index (κ3) is 5.91. The Balaban J connectivity index is 1.50. The van der Waals surface area contributed by atoms with Gasteiger partial charge in [-0.1, -0.05) is 47.7 Å². The number of anilines is 1. The number of aryl methyl sites for hydroxylation is 1. The molecule has 9 heteroatoms. The second-order valence-corrected chi connectivity index (χ2v) is 10.4. The number of carbonyl (C=O) groups is 1. The molecule has 2 unspecified atom stereocenters. The van der Waals surface area contributed by atoms with Crippen molar-refractivity contribution in [1.82, 2.24) is 25.3 Å². The minimum atomic E-state index is -0.0967. The lowest BCUT2D eigenvalue weighted by Crippen LogP contribution is -2.33. The van der Waals surface area contributed by atoms with Crippen LogP contribution in [-0.4, -0.2) is 36.4 Å². The van der Waals surface area contributed by atoms with Gasteiger partial charge < -0.3 is 5.32 Å². The summed E-state index contributed by atoms with van der Waals surface area (Å²) in [5, 5.41) is 5.45. The van der Waals surface area contributed by atoms with Crippen LogP contribution in [0.2, 0.25) is 0 Å². The minimum Gasteiger partial charge on any atom is -0.341 e. The highest BCUT2D eigenvalue weighted by molar-refractivity contribution is 14.1.